The van der Waals surface area contributed by atoms with Crippen molar-refractivity contribution in [3.05, 3.63) is 41.9 Å². The van der Waals surface area contributed by atoms with Gasteiger partial charge in [-0.1, -0.05) is 0 Å². The van der Waals surface area contributed by atoms with Gasteiger partial charge in [-0.3, -0.25) is 14.9 Å². The molecule has 4 rings (SSSR count). The van der Waals surface area contributed by atoms with Crippen molar-refractivity contribution in [2.24, 2.45) is 10.7 Å². The van der Waals surface area contributed by atoms with Crippen LogP contribution in [0.25, 0.3) is 5.57 Å². The SMILES string of the molecule is C[C@@H]1COCCN1C1C=C(C(=O)O)c2ccnc(C(C=CN)=NC3CCCCO3)c2N1C. The van der Waals surface area contributed by atoms with Crippen molar-refractivity contribution in [1.82, 2.24) is 9.88 Å². The molecule has 0 radical (unpaired) electrons. The van der Waals surface area contributed by atoms with E-state index in [1.54, 1.807) is 18.3 Å². The minimum absolute atomic E-state index is 0.150. The molecule has 4 heterocycles. The lowest BCUT2D eigenvalue weighted by molar-refractivity contribution is -0.130. The number of allylic oxidation sites excluding steroid dienone is 1. The third-order valence-electron chi connectivity index (χ3n) is 6.20. The first-order valence-electron chi connectivity index (χ1n) is 11.1. The summed E-state index contributed by atoms with van der Waals surface area (Å²) in [5.41, 5.74) is 8.53. The molecule has 2 unspecified atom stereocenters. The number of pyridine rings is 1. The molecule has 0 aromatic carbocycles. The molecule has 3 aliphatic heterocycles. The van der Waals surface area contributed by atoms with Gasteiger partial charge in [-0.2, -0.15) is 0 Å². The summed E-state index contributed by atoms with van der Waals surface area (Å²) in [6.45, 7) is 4.70. The number of likely N-dealkylation sites (N-methyl/N-ethyl adjacent to an activating group) is 1. The number of hydrogen-bond donors (Lipinski definition) is 2. The van der Waals surface area contributed by atoms with E-state index in [4.69, 9.17) is 20.2 Å². The van der Waals surface area contributed by atoms with Gasteiger partial charge in [0.25, 0.3) is 0 Å². The van der Waals surface area contributed by atoms with Crippen molar-refractivity contribution >= 4 is 22.9 Å². The highest BCUT2D eigenvalue weighted by atomic mass is 16.5. The summed E-state index contributed by atoms with van der Waals surface area (Å²) in [4.78, 5) is 26.0. The number of nitrogens with zero attached hydrogens (tertiary/aromatic N) is 4. The fourth-order valence-corrected chi connectivity index (χ4v) is 4.59. The van der Waals surface area contributed by atoms with Gasteiger partial charge in [0.05, 0.1) is 30.2 Å². The maximum absolute atomic E-state index is 12.2. The predicted octanol–water partition coefficient (Wildman–Crippen LogP) is 1.83. The summed E-state index contributed by atoms with van der Waals surface area (Å²) in [6.07, 6.45) is 8.99. The third-order valence-corrected chi connectivity index (χ3v) is 6.20. The first-order valence-corrected chi connectivity index (χ1v) is 11.1. The van der Waals surface area contributed by atoms with Crippen LogP contribution >= 0.6 is 0 Å². The predicted molar refractivity (Wildman–Crippen MR) is 122 cm³/mol. The number of carboxylic acids is 1. The largest absolute Gasteiger partial charge is 0.478 e. The van der Waals surface area contributed by atoms with Gasteiger partial charge in [0, 0.05) is 38.0 Å². The Labute approximate surface area is 188 Å². The maximum Gasteiger partial charge on any atom is 0.336 e. The van der Waals surface area contributed by atoms with Gasteiger partial charge in [0.2, 0.25) is 0 Å². The standard InChI is InChI=1S/C23H31N5O4/c1-15-14-31-12-10-28(15)20-13-17(23(29)30)16-7-9-25-21(22(16)27(20)2)18(6-8-24)26-19-5-3-4-11-32-19/h6-9,13,15,19-20H,3-5,10-12,14,24H2,1-2H3,(H,29,30)/t15-,19?,20?/m1/s1. The highest BCUT2D eigenvalue weighted by molar-refractivity contribution is 6.20. The highest BCUT2D eigenvalue weighted by Gasteiger charge is 2.36. The van der Waals surface area contributed by atoms with Gasteiger partial charge in [-0.25, -0.2) is 4.79 Å². The van der Waals surface area contributed by atoms with Crippen molar-refractivity contribution in [1.29, 1.82) is 0 Å². The molecular weight excluding hydrogens is 410 g/mol. The lowest BCUT2D eigenvalue weighted by Gasteiger charge is -2.45. The van der Waals surface area contributed by atoms with E-state index in [2.05, 4.69) is 21.7 Å². The third kappa shape index (κ3) is 4.41. The van der Waals surface area contributed by atoms with Crippen LogP contribution in [0.5, 0.6) is 0 Å². The van der Waals surface area contributed by atoms with E-state index in [-0.39, 0.29) is 24.0 Å². The molecule has 3 aliphatic rings. The van der Waals surface area contributed by atoms with E-state index in [1.807, 2.05) is 13.1 Å². The number of anilines is 1. The Bertz CT molecular complexity index is 938. The average molecular weight is 442 g/mol. The number of hydrogen-bond acceptors (Lipinski definition) is 8. The second-order valence-corrected chi connectivity index (χ2v) is 8.32. The molecule has 0 spiro atoms. The van der Waals surface area contributed by atoms with Gasteiger partial charge in [0.1, 0.15) is 18.1 Å². The number of carbonyl (C=O) groups is 1. The average Bonchev–Trinajstić information content (AvgIpc) is 2.80. The van der Waals surface area contributed by atoms with Gasteiger partial charge < -0.3 is 25.2 Å². The van der Waals surface area contributed by atoms with Gasteiger partial charge in [-0.05, 0) is 50.6 Å². The fraction of sp³-hybridized carbons (Fsp3) is 0.522. The topological polar surface area (TPSA) is 114 Å². The van der Waals surface area contributed by atoms with E-state index < -0.39 is 5.97 Å². The molecule has 32 heavy (non-hydrogen) atoms. The Kier molecular flexibility index (Phi) is 6.88. The minimum Gasteiger partial charge on any atom is -0.478 e. The zero-order valence-electron chi connectivity index (χ0n) is 18.6. The van der Waals surface area contributed by atoms with Crippen molar-refractivity contribution in [2.75, 3.05) is 38.3 Å². The van der Waals surface area contributed by atoms with Crippen molar-refractivity contribution in [3.63, 3.8) is 0 Å². The number of nitrogens with two attached hydrogens (primary N) is 1. The number of rotatable bonds is 5. The normalized spacial score (nSPS) is 27.3. The number of morpholine rings is 1. The summed E-state index contributed by atoms with van der Waals surface area (Å²) < 4.78 is 11.4. The number of ether oxygens (including phenoxy) is 2. The van der Waals surface area contributed by atoms with E-state index >= 15 is 0 Å². The Hall–Kier alpha value is -2.75. The summed E-state index contributed by atoms with van der Waals surface area (Å²) in [5, 5.41) is 10.0. The van der Waals surface area contributed by atoms with Crippen LogP contribution in [0.15, 0.2) is 35.6 Å². The zero-order chi connectivity index (χ0) is 22.7. The highest BCUT2D eigenvalue weighted by Crippen LogP contribution is 2.37. The number of aromatic nitrogens is 1. The van der Waals surface area contributed by atoms with Crippen molar-refractivity contribution in [3.8, 4) is 0 Å². The molecule has 0 amide bonds. The summed E-state index contributed by atoms with van der Waals surface area (Å²) >= 11 is 0. The van der Waals surface area contributed by atoms with E-state index in [0.29, 0.717) is 43.3 Å². The molecule has 2 fully saturated rings. The smallest absolute Gasteiger partial charge is 0.336 e. The van der Waals surface area contributed by atoms with Crippen LogP contribution in [0.3, 0.4) is 0 Å². The number of fused-ring (bicyclic) bond motifs is 1. The maximum atomic E-state index is 12.2. The molecule has 172 valence electrons. The zero-order valence-corrected chi connectivity index (χ0v) is 18.6. The van der Waals surface area contributed by atoms with E-state index in [0.717, 1.165) is 24.9 Å². The van der Waals surface area contributed by atoms with Crippen LogP contribution < -0.4 is 10.6 Å². The molecule has 0 saturated carbocycles. The second-order valence-electron chi connectivity index (χ2n) is 8.32. The molecule has 0 aliphatic carbocycles. The number of aliphatic carboxylic acids is 1. The summed E-state index contributed by atoms with van der Waals surface area (Å²) in [5.74, 6) is -0.967. The van der Waals surface area contributed by atoms with Crippen molar-refractivity contribution in [2.45, 2.75) is 44.6 Å². The molecule has 9 nitrogen and oxygen atoms in total. The van der Waals surface area contributed by atoms with Crippen LogP contribution in [0.4, 0.5) is 5.69 Å². The Morgan fingerprint density at radius 2 is 2.22 bits per heavy atom. The number of aliphatic imine (C=N–C) groups is 1. The molecule has 9 heteroatoms. The van der Waals surface area contributed by atoms with Gasteiger partial charge >= 0.3 is 5.97 Å². The summed E-state index contributed by atoms with van der Waals surface area (Å²) in [7, 11) is 1.97. The Balaban J connectivity index is 1.82. The lowest BCUT2D eigenvalue weighted by atomic mass is 9.95. The minimum atomic E-state index is -0.967. The Morgan fingerprint density at radius 3 is 2.91 bits per heavy atom. The van der Waals surface area contributed by atoms with E-state index in [9.17, 15) is 9.90 Å². The Morgan fingerprint density at radius 1 is 1.38 bits per heavy atom. The first-order chi connectivity index (χ1) is 15.5. The second kappa shape index (κ2) is 9.81. The summed E-state index contributed by atoms with van der Waals surface area (Å²) in [6, 6.07) is 1.90. The lowest BCUT2D eigenvalue weighted by Crippen LogP contribution is -2.56. The van der Waals surface area contributed by atoms with Crippen LogP contribution in [0.2, 0.25) is 0 Å². The van der Waals surface area contributed by atoms with Gasteiger partial charge in [-0.15, -0.1) is 0 Å². The fourth-order valence-electron chi connectivity index (χ4n) is 4.59. The first kappa shape index (κ1) is 22.4. The molecule has 3 N–H and O–H groups in total. The van der Waals surface area contributed by atoms with Crippen LogP contribution in [0.1, 0.15) is 37.4 Å². The molecule has 1 aromatic heterocycles. The van der Waals surface area contributed by atoms with Gasteiger partial charge in [0.15, 0.2) is 0 Å². The van der Waals surface area contributed by atoms with Crippen LogP contribution in [0, 0.1) is 0 Å². The molecule has 2 saturated heterocycles. The van der Waals surface area contributed by atoms with E-state index in [1.165, 1.54) is 6.20 Å². The molecule has 3 atom stereocenters. The van der Waals surface area contributed by atoms with Crippen LogP contribution in [-0.2, 0) is 14.3 Å². The number of carboxylic acid groups (broad SMARTS) is 1. The molecule has 1 aromatic rings. The van der Waals surface area contributed by atoms with Crippen LogP contribution in [-0.4, -0.2) is 78.5 Å². The molecular formula is C23H31N5O4. The monoisotopic (exact) mass is 441 g/mol. The quantitative estimate of drug-likeness (QED) is 0.666. The van der Waals surface area contributed by atoms with Crippen molar-refractivity contribution < 1.29 is 19.4 Å². The molecule has 0 bridgehead atoms.